The monoisotopic (exact) mass is 234 g/mol. The number of fused-ring (bicyclic) bond motifs is 1. The first-order valence-corrected chi connectivity index (χ1v) is 6.41. The number of hydrogen-bond acceptors (Lipinski definition) is 3. The third-order valence-corrected chi connectivity index (χ3v) is 4.45. The molecule has 1 aromatic carbocycles. The second kappa shape index (κ2) is 3.79. The number of benzene rings is 1. The Bertz CT molecular complexity index is 404. The van der Waals surface area contributed by atoms with Gasteiger partial charge in [-0.1, -0.05) is 18.2 Å². The number of nitrogens with zero attached hydrogens (tertiary/aromatic N) is 1. The minimum absolute atomic E-state index is 0.0740. The summed E-state index contributed by atoms with van der Waals surface area (Å²) < 4.78 is 0. The first-order valence-electron chi connectivity index (χ1n) is 5.53. The molecule has 0 radical (unpaired) electrons. The van der Waals surface area contributed by atoms with Gasteiger partial charge in [-0.3, -0.25) is 4.79 Å². The first-order chi connectivity index (χ1) is 7.74. The van der Waals surface area contributed by atoms with Crippen LogP contribution in [0.2, 0.25) is 0 Å². The Morgan fingerprint density at radius 1 is 1.38 bits per heavy atom. The van der Waals surface area contributed by atoms with Crippen molar-refractivity contribution in [3.05, 3.63) is 29.8 Å². The van der Waals surface area contributed by atoms with Crippen LogP contribution in [-0.4, -0.2) is 35.2 Å². The van der Waals surface area contributed by atoms with Gasteiger partial charge < -0.3 is 10.6 Å². The minimum atomic E-state index is 0.0740. The molecule has 2 aliphatic heterocycles. The van der Waals surface area contributed by atoms with Crippen molar-refractivity contribution in [3.63, 3.8) is 0 Å². The number of rotatable bonds is 1. The highest BCUT2D eigenvalue weighted by Crippen LogP contribution is 2.37. The van der Waals surface area contributed by atoms with Crippen LogP contribution in [0.5, 0.6) is 0 Å². The lowest BCUT2D eigenvalue weighted by atomic mass is 10.1. The van der Waals surface area contributed by atoms with E-state index in [1.54, 1.807) is 11.8 Å². The van der Waals surface area contributed by atoms with Crippen LogP contribution in [0.15, 0.2) is 29.2 Å². The Balaban J connectivity index is 1.69. The Kier molecular flexibility index (Phi) is 2.41. The van der Waals surface area contributed by atoms with Gasteiger partial charge in [-0.25, -0.2) is 0 Å². The van der Waals surface area contributed by atoms with E-state index in [0.29, 0.717) is 0 Å². The molecule has 2 N–H and O–H groups in total. The SMILES string of the molecule is NC1CN(C(=O)C2Cc3ccccc3S2)C1. The average Bonchev–Trinajstić information content (AvgIpc) is 2.67. The Labute approximate surface area is 99.0 Å². The van der Waals surface area contributed by atoms with E-state index in [1.165, 1.54) is 10.5 Å². The van der Waals surface area contributed by atoms with E-state index in [9.17, 15) is 4.79 Å². The molecule has 84 valence electrons. The van der Waals surface area contributed by atoms with Crippen molar-refractivity contribution in [2.45, 2.75) is 22.6 Å². The molecule has 1 atom stereocenters. The first kappa shape index (κ1) is 10.2. The summed E-state index contributed by atoms with van der Waals surface area (Å²) in [5, 5.41) is 0.0740. The Morgan fingerprint density at radius 3 is 2.81 bits per heavy atom. The lowest BCUT2D eigenvalue weighted by Gasteiger charge is -2.38. The summed E-state index contributed by atoms with van der Waals surface area (Å²) in [6.45, 7) is 1.46. The van der Waals surface area contributed by atoms with Gasteiger partial charge in [0.05, 0.1) is 5.25 Å². The molecule has 4 heteroatoms. The predicted octanol–water partition coefficient (Wildman–Crippen LogP) is 0.873. The zero-order chi connectivity index (χ0) is 11.1. The average molecular weight is 234 g/mol. The van der Waals surface area contributed by atoms with Crippen LogP contribution in [-0.2, 0) is 11.2 Å². The van der Waals surface area contributed by atoms with Crippen molar-refractivity contribution in [1.29, 1.82) is 0 Å². The van der Waals surface area contributed by atoms with Gasteiger partial charge in [0.25, 0.3) is 0 Å². The van der Waals surface area contributed by atoms with E-state index in [1.807, 2.05) is 17.0 Å². The molecule has 0 bridgehead atoms. The lowest BCUT2D eigenvalue weighted by Crippen LogP contribution is -2.59. The topological polar surface area (TPSA) is 46.3 Å². The summed E-state index contributed by atoms with van der Waals surface area (Å²) in [6, 6.07) is 8.45. The van der Waals surface area contributed by atoms with Gasteiger partial charge in [0.15, 0.2) is 0 Å². The lowest BCUT2D eigenvalue weighted by molar-refractivity contribution is -0.134. The van der Waals surface area contributed by atoms with E-state index in [-0.39, 0.29) is 17.2 Å². The molecule has 3 rings (SSSR count). The third kappa shape index (κ3) is 1.62. The normalized spacial score (nSPS) is 24.1. The molecule has 2 aliphatic rings. The number of hydrogen-bond donors (Lipinski definition) is 1. The molecular formula is C12H14N2OS. The summed E-state index contributed by atoms with van der Waals surface area (Å²) in [6.07, 6.45) is 0.866. The maximum absolute atomic E-state index is 12.1. The van der Waals surface area contributed by atoms with E-state index in [4.69, 9.17) is 5.73 Å². The Hall–Kier alpha value is -1.00. The highest BCUT2D eigenvalue weighted by atomic mass is 32.2. The summed E-state index contributed by atoms with van der Waals surface area (Å²) in [7, 11) is 0. The summed E-state index contributed by atoms with van der Waals surface area (Å²) in [4.78, 5) is 15.2. The molecule has 0 spiro atoms. The van der Waals surface area contributed by atoms with Crippen LogP contribution >= 0.6 is 11.8 Å². The van der Waals surface area contributed by atoms with E-state index >= 15 is 0 Å². The molecule has 3 nitrogen and oxygen atoms in total. The summed E-state index contributed by atoms with van der Waals surface area (Å²) in [5.74, 6) is 0.253. The van der Waals surface area contributed by atoms with Gasteiger partial charge >= 0.3 is 0 Å². The second-order valence-electron chi connectivity index (χ2n) is 4.42. The van der Waals surface area contributed by atoms with Gasteiger partial charge in [-0.05, 0) is 18.1 Å². The van der Waals surface area contributed by atoms with Crippen LogP contribution in [0.1, 0.15) is 5.56 Å². The van der Waals surface area contributed by atoms with Crippen LogP contribution < -0.4 is 5.73 Å². The fourth-order valence-corrected chi connectivity index (χ4v) is 3.50. The number of amides is 1. The van der Waals surface area contributed by atoms with E-state index in [2.05, 4.69) is 12.1 Å². The van der Waals surface area contributed by atoms with Crippen LogP contribution in [0.4, 0.5) is 0 Å². The highest BCUT2D eigenvalue weighted by molar-refractivity contribution is 8.01. The van der Waals surface area contributed by atoms with Crippen molar-refractivity contribution in [3.8, 4) is 0 Å². The maximum atomic E-state index is 12.1. The molecular weight excluding hydrogens is 220 g/mol. The molecule has 0 aromatic heterocycles. The predicted molar refractivity (Wildman–Crippen MR) is 64.3 cm³/mol. The molecule has 16 heavy (non-hydrogen) atoms. The van der Waals surface area contributed by atoms with E-state index < -0.39 is 0 Å². The largest absolute Gasteiger partial charge is 0.338 e. The second-order valence-corrected chi connectivity index (χ2v) is 5.67. The van der Waals surface area contributed by atoms with Gasteiger partial charge in [0.1, 0.15) is 0 Å². The van der Waals surface area contributed by atoms with Crippen molar-refractivity contribution in [1.82, 2.24) is 4.90 Å². The van der Waals surface area contributed by atoms with Gasteiger partial charge in [0, 0.05) is 24.0 Å². The maximum Gasteiger partial charge on any atom is 0.236 e. The summed E-state index contributed by atoms with van der Waals surface area (Å²) in [5.41, 5.74) is 6.99. The minimum Gasteiger partial charge on any atom is -0.338 e. The van der Waals surface area contributed by atoms with Gasteiger partial charge in [-0.2, -0.15) is 0 Å². The highest BCUT2D eigenvalue weighted by Gasteiger charge is 2.35. The number of nitrogens with two attached hydrogens (primary N) is 1. The number of carbonyl (C=O) groups excluding carboxylic acids is 1. The molecule has 2 heterocycles. The third-order valence-electron chi connectivity index (χ3n) is 3.14. The molecule has 1 amide bonds. The molecule has 0 aliphatic carbocycles. The van der Waals surface area contributed by atoms with Crippen LogP contribution in [0.25, 0.3) is 0 Å². The van der Waals surface area contributed by atoms with Crippen LogP contribution in [0, 0.1) is 0 Å². The van der Waals surface area contributed by atoms with Crippen molar-refractivity contribution >= 4 is 17.7 Å². The molecule has 1 unspecified atom stereocenters. The zero-order valence-electron chi connectivity index (χ0n) is 8.93. The molecule has 1 fully saturated rings. The van der Waals surface area contributed by atoms with Crippen molar-refractivity contribution < 1.29 is 4.79 Å². The smallest absolute Gasteiger partial charge is 0.236 e. The van der Waals surface area contributed by atoms with Gasteiger partial charge in [0.2, 0.25) is 5.91 Å². The number of carbonyl (C=O) groups is 1. The summed E-state index contributed by atoms with van der Waals surface area (Å²) >= 11 is 1.69. The fourth-order valence-electron chi connectivity index (χ4n) is 2.22. The molecule has 0 saturated carbocycles. The zero-order valence-corrected chi connectivity index (χ0v) is 9.74. The number of likely N-dealkylation sites (tertiary alicyclic amines) is 1. The van der Waals surface area contributed by atoms with Crippen molar-refractivity contribution in [2.24, 2.45) is 5.73 Å². The van der Waals surface area contributed by atoms with Gasteiger partial charge in [-0.15, -0.1) is 11.8 Å². The fraction of sp³-hybridized carbons (Fsp3) is 0.417. The molecule has 1 saturated heterocycles. The number of thioether (sulfide) groups is 1. The molecule has 1 aromatic rings. The Morgan fingerprint density at radius 2 is 2.12 bits per heavy atom. The van der Waals surface area contributed by atoms with E-state index in [0.717, 1.165) is 19.5 Å². The van der Waals surface area contributed by atoms with Crippen molar-refractivity contribution in [2.75, 3.05) is 13.1 Å². The quantitative estimate of drug-likeness (QED) is 0.784. The van der Waals surface area contributed by atoms with Crippen LogP contribution in [0.3, 0.4) is 0 Å². The standard InChI is InChI=1S/C12H14N2OS/c13-9-6-14(7-9)12(15)11-5-8-3-1-2-4-10(8)16-11/h1-4,9,11H,5-7,13H2.